The fourth-order valence-electron chi connectivity index (χ4n) is 2.24. The molecule has 0 radical (unpaired) electrons. The maximum absolute atomic E-state index is 12.4. The third-order valence-corrected chi connectivity index (χ3v) is 5.13. The summed E-state index contributed by atoms with van der Waals surface area (Å²) in [5.41, 5.74) is -0.129. The Labute approximate surface area is 111 Å². The van der Waals surface area contributed by atoms with Crippen molar-refractivity contribution in [2.24, 2.45) is 5.41 Å². The maximum Gasteiger partial charge on any atom is 0.340 e. The quantitative estimate of drug-likeness (QED) is 0.857. The van der Waals surface area contributed by atoms with Crippen LogP contribution in [0, 0.1) is 12.3 Å². The Hall–Kier alpha value is -1.41. The van der Waals surface area contributed by atoms with Gasteiger partial charge in [-0.25, -0.2) is 13.2 Å². The van der Waals surface area contributed by atoms with Crippen molar-refractivity contribution in [3.8, 4) is 0 Å². The molecule has 8 heteroatoms. The average molecular weight is 287 g/mol. The number of rotatable bonds is 3. The number of aromatic nitrogens is 2. The van der Waals surface area contributed by atoms with E-state index in [-0.39, 0.29) is 16.7 Å². The number of nitrogens with zero attached hydrogens (tertiary/aromatic N) is 2. The highest BCUT2D eigenvalue weighted by molar-refractivity contribution is 7.89. The summed E-state index contributed by atoms with van der Waals surface area (Å²) >= 11 is 0. The summed E-state index contributed by atoms with van der Waals surface area (Å²) in [5, 5.41) is 14.8. The van der Waals surface area contributed by atoms with Crippen molar-refractivity contribution in [3.63, 3.8) is 0 Å². The lowest BCUT2D eigenvalue weighted by molar-refractivity contribution is 0.0691. The first kappa shape index (κ1) is 14.0. The van der Waals surface area contributed by atoms with Crippen LogP contribution in [-0.2, 0) is 10.0 Å². The summed E-state index contributed by atoms with van der Waals surface area (Å²) in [6, 6.07) is 0. The summed E-state index contributed by atoms with van der Waals surface area (Å²) < 4.78 is 26.2. The Morgan fingerprint density at radius 2 is 2.11 bits per heavy atom. The SMILES string of the molecule is Cc1[nH]nc(S(=O)(=O)N2CCC(C)(C)C2)c1C(=O)O. The zero-order chi connectivity index (χ0) is 14.4. The Bertz CT molecular complexity index is 618. The minimum atomic E-state index is -3.85. The number of carboxylic acid groups (broad SMARTS) is 1. The number of H-pyrrole nitrogens is 1. The summed E-state index contributed by atoms with van der Waals surface area (Å²) in [7, 11) is -3.85. The minimum absolute atomic E-state index is 0.0954. The molecule has 1 aliphatic rings. The van der Waals surface area contributed by atoms with Crippen molar-refractivity contribution in [2.75, 3.05) is 13.1 Å². The number of aryl methyl sites for hydroxylation is 1. The number of aromatic amines is 1. The van der Waals surface area contributed by atoms with Gasteiger partial charge in [0, 0.05) is 18.8 Å². The van der Waals surface area contributed by atoms with Crippen molar-refractivity contribution in [1.29, 1.82) is 0 Å². The predicted molar refractivity (Wildman–Crippen MR) is 67.4 cm³/mol. The molecule has 0 aliphatic carbocycles. The lowest BCUT2D eigenvalue weighted by Gasteiger charge is -2.18. The molecule has 7 nitrogen and oxygen atoms in total. The van der Waals surface area contributed by atoms with Crippen LogP contribution in [-0.4, -0.2) is 47.1 Å². The van der Waals surface area contributed by atoms with Gasteiger partial charge in [-0.15, -0.1) is 0 Å². The molecule has 0 bridgehead atoms. The molecule has 106 valence electrons. The molecule has 0 spiro atoms. The number of hydrogen-bond donors (Lipinski definition) is 2. The van der Waals surface area contributed by atoms with Crippen LogP contribution in [0.4, 0.5) is 0 Å². The first-order valence-electron chi connectivity index (χ1n) is 5.93. The van der Waals surface area contributed by atoms with E-state index in [2.05, 4.69) is 10.2 Å². The number of carbonyl (C=O) groups is 1. The van der Waals surface area contributed by atoms with Gasteiger partial charge in [-0.2, -0.15) is 9.40 Å². The lowest BCUT2D eigenvalue weighted by atomic mass is 9.93. The van der Waals surface area contributed by atoms with Gasteiger partial charge in [0.2, 0.25) is 5.03 Å². The van der Waals surface area contributed by atoms with E-state index in [1.807, 2.05) is 13.8 Å². The van der Waals surface area contributed by atoms with Crippen molar-refractivity contribution < 1.29 is 18.3 Å². The molecule has 1 saturated heterocycles. The van der Waals surface area contributed by atoms with Gasteiger partial charge in [0.1, 0.15) is 5.56 Å². The van der Waals surface area contributed by atoms with Crippen molar-refractivity contribution in [3.05, 3.63) is 11.3 Å². The number of nitrogens with one attached hydrogen (secondary N) is 1. The van der Waals surface area contributed by atoms with E-state index in [9.17, 15) is 13.2 Å². The van der Waals surface area contributed by atoms with E-state index in [4.69, 9.17) is 5.11 Å². The number of aromatic carboxylic acids is 1. The first-order valence-corrected chi connectivity index (χ1v) is 7.37. The van der Waals surface area contributed by atoms with Crippen LogP contribution >= 0.6 is 0 Å². The van der Waals surface area contributed by atoms with E-state index < -0.39 is 21.0 Å². The molecule has 0 amide bonds. The molecule has 19 heavy (non-hydrogen) atoms. The largest absolute Gasteiger partial charge is 0.478 e. The Kier molecular flexibility index (Phi) is 3.18. The molecule has 0 unspecified atom stereocenters. The summed E-state index contributed by atoms with van der Waals surface area (Å²) in [6.45, 7) is 6.22. The molecule has 2 heterocycles. The predicted octanol–water partition coefficient (Wildman–Crippen LogP) is 0.837. The molecule has 1 aliphatic heterocycles. The van der Waals surface area contributed by atoms with Gasteiger partial charge in [0.05, 0.1) is 0 Å². The van der Waals surface area contributed by atoms with E-state index in [1.54, 1.807) is 0 Å². The van der Waals surface area contributed by atoms with Gasteiger partial charge in [-0.05, 0) is 18.8 Å². The average Bonchev–Trinajstić information content (AvgIpc) is 2.81. The van der Waals surface area contributed by atoms with E-state index in [0.717, 1.165) is 6.42 Å². The molecule has 0 aromatic carbocycles. The minimum Gasteiger partial charge on any atom is -0.478 e. The van der Waals surface area contributed by atoms with Crippen LogP contribution in [0.2, 0.25) is 0 Å². The fourth-order valence-corrected chi connectivity index (χ4v) is 3.99. The highest BCUT2D eigenvalue weighted by atomic mass is 32.2. The smallest absolute Gasteiger partial charge is 0.340 e. The molecule has 1 aromatic heterocycles. The molecular weight excluding hydrogens is 270 g/mol. The Morgan fingerprint density at radius 3 is 2.58 bits per heavy atom. The zero-order valence-corrected chi connectivity index (χ0v) is 11.9. The van der Waals surface area contributed by atoms with E-state index >= 15 is 0 Å². The van der Waals surface area contributed by atoms with Crippen molar-refractivity contribution >= 4 is 16.0 Å². The molecule has 0 atom stereocenters. The van der Waals surface area contributed by atoms with Gasteiger partial charge in [-0.3, -0.25) is 5.10 Å². The van der Waals surface area contributed by atoms with Crippen LogP contribution in [0.1, 0.15) is 36.3 Å². The number of hydrogen-bond acceptors (Lipinski definition) is 4. The molecular formula is C11H17N3O4S. The van der Waals surface area contributed by atoms with Crippen molar-refractivity contribution in [1.82, 2.24) is 14.5 Å². The zero-order valence-electron chi connectivity index (χ0n) is 11.1. The highest BCUT2D eigenvalue weighted by Crippen LogP contribution is 2.33. The third kappa shape index (κ3) is 2.37. The van der Waals surface area contributed by atoms with Crippen LogP contribution < -0.4 is 0 Å². The molecule has 2 rings (SSSR count). The molecule has 1 fully saturated rings. The van der Waals surface area contributed by atoms with Crippen LogP contribution in [0.25, 0.3) is 0 Å². The van der Waals surface area contributed by atoms with E-state index in [1.165, 1.54) is 11.2 Å². The van der Waals surface area contributed by atoms with Crippen LogP contribution in [0.3, 0.4) is 0 Å². The Balaban J connectivity index is 2.44. The van der Waals surface area contributed by atoms with Gasteiger partial charge in [0.25, 0.3) is 10.0 Å². The maximum atomic E-state index is 12.4. The molecule has 2 N–H and O–H groups in total. The number of carboxylic acids is 1. The van der Waals surface area contributed by atoms with Crippen LogP contribution in [0.5, 0.6) is 0 Å². The van der Waals surface area contributed by atoms with Gasteiger partial charge < -0.3 is 5.11 Å². The summed E-state index contributed by atoms with van der Waals surface area (Å²) in [6.07, 6.45) is 0.748. The highest BCUT2D eigenvalue weighted by Gasteiger charge is 2.40. The third-order valence-electron chi connectivity index (χ3n) is 3.35. The topological polar surface area (TPSA) is 103 Å². The Morgan fingerprint density at radius 1 is 1.47 bits per heavy atom. The monoisotopic (exact) mass is 287 g/mol. The standard InChI is InChI=1S/C11H17N3O4S/c1-7-8(10(15)16)9(13-12-7)19(17,18)14-5-4-11(2,3)6-14/h4-6H2,1-3H3,(H,12,13)(H,15,16). The second kappa shape index (κ2) is 4.31. The first-order chi connectivity index (χ1) is 8.65. The van der Waals surface area contributed by atoms with Crippen LogP contribution in [0.15, 0.2) is 5.03 Å². The summed E-state index contributed by atoms with van der Waals surface area (Å²) in [4.78, 5) is 11.1. The van der Waals surface area contributed by atoms with E-state index in [0.29, 0.717) is 13.1 Å². The van der Waals surface area contributed by atoms with Gasteiger partial charge in [-0.1, -0.05) is 13.8 Å². The fraction of sp³-hybridized carbons (Fsp3) is 0.636. The normalized spacial score (nSPS) is 19.7. The summed E-state index contributed by atoms with van der Waals surface area (Å²) in [5.74, 6) is -1.29. The second-order valence-corrected chi connectivity index (χ2v) is 7.44. The molecule has 1 aromatic rings. The van der Waals surface area contributed by atoms with Gasteiger partial charge in [0.15, 0.2) is 0 Å². The second-order valence-electron chi connectivity index (χ2n) is 5.59. The van der Waals surface area contributed by atoms with Crippen molar-refractivity contribution in [2.45, 2.75) is 32.2 Å². The lowest BCUT2D eigenvalue weighted by Crippen LogP contribution is -2.31. The van der Waals surface area contributed by atoms with Gasteiger partial charge >= 0.3 is 5.97 Å². The molecule has 0 saturated carbocycles. The number of sulfonamides is 1.